The van der Waals surface area contributed by atoms with Crippen LogP contribution >= 0.6 is 0 Å². The molecule has 16 heavy (non-hydrogen) atoms. The van der Waals surface area contributed by atoms with Crippen LogP contribution in [0.1, 0.15) is 13.8 Å². The highest BCUT2D eigenvalue weighted by molar-refractivity contribution is 6.05. The fourth-order valence-electron chi connectivity index (χ4n) is 1.88. The number of rotatable bonds is 3. The molecule has 1 fully saturated rings. The van der Waals surface area contributed by atoms with E-state index in [9.17, 15) is 4.79 Å². The Balaban J connectivity index is 2.13. The summed E-state index contributed by atoms with van der Waals surface area (Å²) in [7, 11) is 0. The van der Waals surface area contributed by atoms with Gasteiger partial charge in [0, 0.05) is 5.69 Å². The largest absolute Gasteiger partial charge is 0.494 e. The molecule has 0 spiro atoms. The van der Waals surface area contributed by atoms with Gasteiger partial charge in [-0.2, -0.15) is 0 Å². The van der Waals surface area contributed by atoms with Gasteiger partial charge >= 0.3 is 0 Å². The summed E-state index contributed by atoms with van der Waals surface area (Å²) in [6.45, 7) is 4.53. The van der Waals surface area contributed by atoms with Crippen LogP contribution in [-0.4, -0.2) is 24.6 Å². The average molecular weight is 220 g/mol. The molecule has 0 aromatic heterocycles. The van der Waals surface area contributed by atoms with Gasteiger partial charge in [0.05, 0.1) is 12.6 Å². The number of amides is 1. The SMILES string of the molecule is CCOc1ccc(N2C(=O)[C@@H](N)[C@@H]2C)cc1. The van der Waals surface area contributed by atoms with Crippen molar-refractivity contribution in [1.82, 2.24) is 0 Å². The molecular formula is C12H16N2O2. The molecule has 1 saturated heterocycles. The van der Waals surface area contributed by atoms with Crippen LogP contribution in [0.2, 0.25) is 0 Å². The Morgan fingerprint density at radius 2 is 2.00 bits per heavy atom. The van der Waals surface area contributed by atoms with Crippen molar-refractivity contribution in [2.75, 3.05) is 11.5 Å². The zero-order valence-corrected chi connectivity index (χ0v) is 9.51. The second kappa shape index (κ2) is 4.14. The molecule has 0 radical (unpaired) electrons. The topological polar surface area (TPSA) is 55.6 Å². The van der Waals surface area contributed by atoms with Gasteiger partial charge in [0.25, 0.3) is 0 Å². The fraction of sp³-hybridized carbons (Fsp3) is 0.417. The van der Waals surface area contributed by atoms with Crippen LogP contribution in [0.25, 0.3) is 0 Å². The molecule has 1 aromatic carbocycles. The monoisotopic (exact) mass is 220 g/mol. The van der Waals surface area contributed by atoms with E-state index in [1.165, 1.54) is 0 Å². The maximum atomic E-state index is 11.6. The van der Waals surface area contributed by atoms with E-state index in [4.69, 9.17) is 10.5 Å². The molecule has 1 amide bonds. The Kier molecular flexibility index (Phi) is 2.83. The summed E-state index contributed by atoms with van der Waals surface area (Å²) in [6, 6.07) is 7.21. The van der Waals surface area contributed by atoms with Crippen molar-refractivity contribution in [2.45, 2.75) is 25.9 Å². The predicted molar refractivity (Wildman–Crippen MR) is 62.5 cm³/mol. The Labute approximate surface area is 95.0 Å². The van der Waals surface area contributed by atoms with Crippen LogP contribution in [-0.2, 0) is 4.79 Å². The lowest BCUT2D eigenvalue weighted by Gasteiger charge is -2.43. The average Bonchev–Trinajstić information content (AvgIpc) is 2.31. The highest BCUT2D eigenvalue weighted by atomic mass is 16.5. The highest BCUT2D eigenvalue weighted by Gasteiger charge is 2.42. The Morgan fingerprint density at radius 3 is 2.50 bits per heavy atom. The smallest absolute Gasteiger partial charge is 0.246 e. The van der Waals surface area contributed by atoms with Crippen molar-refractivity contribution in [3.63, 3.8) is 0 Å². The molecule has 1 heterocycles. The number of hydrogen-bond acceptors (Lipinski definition) is 3. The van der Waals surface area contributed by atoms with E-state index in [0.29, 0.717) is 6.61 Å². The molecule has 4 nitrogen and oxygen atoms in total. The first-order valence-electron chi connectivity index (χ1n) is 5.46. The third-order valence-corrected chi connectivity index (χ3v) is 2.88. The van der Waals surface area contributed by atoms with E-state index in [1.54, 1.807) is 4.90 Å². The normalized spacial score (nSPS) is 24.2. The van der Waals surface area contributed by atoms with E-state index in [0.717, 1.165) is 11.4 Å². The molecular weight excluding hydrogens is 204 g/mol. The van der Waals surface area contributed by atoms with Gasteiger partial charge in [0.2, 0.25) is 5.91 Å². The number of benzene rings is 1. The van der Waals surface area contributed by atoms with Crippen LogP contribution in [0.5, 0.6) is 5.75 Å². The molecule has 2 N–H and O–H groups in total. The molecule has 0 aliphatic carbocycles. The molecule has 2 atom stereocenters. The second-order valence-corrected chi connectivity index (χ2v) is 3.90. The maximum Gasteiger partial charge on any atom is 0.246 e. The molecule has 0 saturated carbocycles. The Hall–Kier alpha value is -1.55. The van der Waals surface area contributed by atoms with E-state index in [1.807, 2.05) is 38.1 Å². The van der Waals surface area contributed by atoms with Gasteiger partial charge in [0.15, 0.2) is 0 Å². The van der Waals surface area contributed by atoms with E-state index >= 15 is 0 Å². The van der Waals surface area contributed by atoms with Crippen molar-refractivity contribution in [1.29, 1.82) is 0 Å². The van der Waals surface area contributed by atoms with Crippen molar-refractivity contribution in [2.24, 2.45) is 5.73 Å². The molecule has 2 rings (SSSR count). The molecule has 0 bridgehead atoms. The lowest BCUT2D eigenvalue weighted by atomic mass is 9.97. The molecule has 1 aromatic rings. The fourth-order valence-corrected chi connectivity index (χ4v) is 1.88. The van der Waals surface area contributed by atoms with Gasteiger partial charge in [-0.15, -0.1) is 0 Å². The summed E-state index contributed by atoms with van der Waals surface area (Å²) in [5.41, 5.74) is 6.53. The van der Waals surface area contributed by atoms with Crippen LogP contribution in [0.4, 0.5) is 5.69 Å². The molecule has 0 unspecified atom stereocenters. The number of nitrogens with zero attached hydrogens (tertiary/aromatic N) is 1. The van der Waals surface area contributed by atoms with Gasteiger partial charge < -0.3 is 15.4 Å². The minimum atomic E-state index is -0.355. The highest BCUT2D eigenvalue weighted by Crippen LogP contribution is 2.28. The van der Waals surface area contributed by atoms with Crippen molar-refractivity contribution in [3.8, 4) is 5.75 Å². The summed E-state index contributed by atoms with van der Waals surface area (Å²) in [4.78, 5) is 13.3. The summed E-state index contributed by atoms with van der Waals surface area (Å²) in [5, 5.41) is 0. The van der Waals surface area contributed by atoms with Gasteiger partial charge in [-0.25, -0.2) is 0 Å². The molecule has 1 aliphatic rings. The number of ether oxygens (including phenoxy) is 1. The first-order valence-corrected chi connectivity index (χ1v) is 5.46. The lowest BCUT2D eigenvalue weighted by Crippen LogP contribution is -2.67. The van der Waals surface area contributed by atoms with Gasteiger partial charge in [-0.3, -0.25) is 4.79 Å². The van der Waals surface area contributed by atoms with E-state index < -0.39 is 0 Å². The molecule has 86 valence electrons. The van der Waals surface area contributed by atoms with Gasteiger partial charge in [-0.05, 0) is 38.1 Å². The van der Waals surface area contributed by atoms with Crippen LogP contribution < -0.4 is 15.4 Å². The Morgan fingerprint density at radius 1 is 1.38 bits per heavy atom. The summed E-state index contributed by atoms with van der Waals surface area (Å²) >= 11 is 0. The third-order valence-electron chi connectivity index (χ3n) is 2.88. The predicted octanol–water partition coefficient (Wildman–Crippen LogP) is 1.15. The minimum Gasteiger partial charge on any atom is -0.494 e. The molecule has 4 heteroatoms. The zero-order chi connectivity index (χ0) is 11.7. The van der Waals surface area contributed by atoms with Crippen LogP contribution in [0.3, 0.4) is 0 Å². The van der Waals surface area contributed by atoms with Gasteiger partial charge in [0.1, 0.15) is 11.8 Å². The van der Waals surface area contributed by atoms with Crippen molar-refractivity contribution < 1.29 is 9.53 Å². The van der Waals surface area contributed by atoms with Crippen LogP contribution in [0.15, 0.2) is 24.3 Å². The maximum absolute atomic E-state index is 11.6. The summed E-state index contributed by atoms with van der Waals surface area (Å²) in [5.74, 6) is 0.799. The first kappa shape index (κ1) is 11.0. The first-order chi connectivity index (χ1) is 7.65. The standard InChI is InChI=1S/C12H16N2O2/c1-3-16-10-6-4-9(5-7-10)14-8(2)11(13)12(14)15/h4-8,11H,3,13H2,1-2H3/t8-,11-/m0/s1. The summed E-state index contributed by atoms with van der Waals surface area (Å²) < 4.78 is 5.34. The van der Waals surface area contributed by atoms with E-state index in [2.05, 4.69) is 0 Å². The zero-order valence-electron chi connectivity index (χ0n) is 9.51. The van der Waals surface area contributed by atoms with Crippen LogP contribution in [0, 0.1) is 0 Å². The Bertz CT molecular complexity index is 389. The second-order valence-electron chi connectivity index (χ2n) is 3.90. The number of anilines is 1. The quantitative estimate of drug-likeness (QED) is 0.777. The number of β-lactam (4-membered cyclic amide) rings is 1. The third kappa shape index (κ3) is 1.65. The van der Waals surface area contributed by atoms with Crippen molar-refractivity contribution in [3.05, 3.63) is 24.3 Å². The number of hydrogen-bond donors (Lipinski definition) is 1. The van der Waals surface area contributed by atoms with Gasteiger partial charge in [-0.1, -0.05) is 0 Å². The molecule has 1 aliphatic heterocycles. The number of carbonyl (C=O) groups excluding carboxylic acids is 1. The lowest BCUT2D eigenvalue weighted by molar-refractivity contribution is -0.125. The summed E-state index contributed by atoms with van der Waals surface area (Å²) in [6.07, 6.45) is 0. The van der Waals surface area contributed by atoms with Crippen molar-refractivity contribution >= 4 is 11.6 Å². The van der Waals surface area contributed by atoms with E-state index in [-0.39, 0.29) is 18.0 Å². The number of nitrogens with two attached hydrogens (primary N) is 1. The number of carbonyl (C=O) groups is 1. The minimum absolute atomic E-state index is 0.0170.